The zero-order chi connectivity index (χ0) is 17.5. The first kappa shape index (κ1) is 18.4. The van der Waals surface area contributed by atoms with Gasteiger partial charge >= 0.3 is 0 Å². The third-order valence-corrected chi connectivity index (χ3v) is 4.10. The number of hydrogen-bond donors (Lipinski definition) is 2. The Morgan fingerprint density at radius 1 is 1.33 bits per heavy atom. The third-order valence-electron chi connectivity index (χ3n) is 3.06. The summed E-state index contributed by atoms with van der Waals surface area (Å²) >= 11 is 8.55. The van der Waals surface area contributed by atoms with Gasteiger partial charge in [-0.3, -0.25) is 10.1 Å². The number of carbonyl (C=O) groups excluding carboxylic acids is 1. The Balaban J connectivity index is 1.98. The van der Waals surface area contributed by atoms with Crippen molar-refractivity contribution in [1.82, 2.24) is 10.3 Å². The van der Waals surface area contributed by atoms with Crippen LogP contribution in [-0.2, 0) is 0 Å². The van der Waals surface area contributed by atoms with Crippen molar-refractivity contribution in [3.8, 4) is 5.75 Å². The van der Waals surface area contributed by atoms with E-state index in [9.17, 15) is 4.79 Å². The van der Waals surface area contributed by atoms with Crippen molar-refractivity contribution in [3.05, 3.63) is 52.1 Å². The summed E-state index contributed by atoms with van der Waals surface area (Å²) in [5, 5.41) is 5.72. The minimum atomic E-state index is -0.303. The summed E-state index contributed by atoms with van der Waals surface area (Å²) in [6, 6.07) is 10.6. The van der Waals surface area contributed by atoms with Crippen LogP contribution in [0.4, 0.5) is 5.82 Å². The zero-order valence-corrected chi connectivity index (χ0v) is 15.8. The molecule has 5 nitrogen and oxygen atoms in total. The lowest BCUT2D eigenvalue weighted by Gasteiger charge is -2.11. The Morgan fingerprint density at radius 2 is 2.12 bits per heavy atom. The first-order chi connectivity index (χ1) is 11.5. The van der Waals surface area contributed by atoms with Crippen molar-refractivity contribution in [2.75, 3.05) is 11.9 Å². The number of aromatic nitrogens is 1. The van der Waals surface area contributed by atoms with Gasteiger partial charge in [0.25, 0.3) is 5.91 Å². The smallest absolute Gasteiger partial charge is 0.257 e. The molecule has 0 aliphatic rings. The second-order valence-electron chi connectivity index (χ2n) is 5.05. The summed E-state index contributed by atoms with van der Waals surface area (Å²) in [5.74, 6) is 0.929. The Hall–Kier alpha value is -1.99. The highest BCUT2D eigenvalue weighted by molar-refractivity contribution is 9.10. The molecule has 0 aliphatic carbocycles. The van der Waals surface area contributed by atoms with Crippen LogP contribution < -0.4 is 15.4 Å². The molecule has 126 valence electrons. The molecular formula is C17H18BrN3O2S. The summed E-state index contributed by atoms with van der Waals surface area (Å²) in [6.07, 6.45) is 0.907. The van der Waals surface area contributed by atoms with Gasteiger partial charge in [-0.15, -0.1) is 0 Å². The average molecular weight is 408 g/mol. The van der Waals surface area contributed by atoms with Crippen LogP contribution in [0.5, 0.6) is 5.75 Å². The van der Waals surface area contributed by atoms with Crippen molar-refractivity contribution in [1.29, 1.82) is 0 Å². The average Bonchev–Trinajstić information content (AvgIpc) is 2.56. The number of ether oxygens (including phenoxy) is 1. The molecule has 0 bridgehead atoms. The molecule has 1 aromatic carbocycles. The van der Waals surface area contributed by atoms with E-state index in [0.29, 0.717) is 23.7 Å². The Bertz CT molecular complexity index is 752. The number of amides is 1. The highest BCUT2D eigenvalue weighted by atomic mass is 79.9. The molecule has 1 aromatic heterocycles. The number of pyridine rings is 1. The van der Waals surface area contributed by atoms with Crippen molar-refractivity contribution in [2.24, 2.45) is 0 Å². The number of nitrogens with one attached hydrogen (secondary N) is 2. The molecule has 0 saturated carbocycles. The Morgan fingerprint density at radius 3 is 2.83 bits per heavy atom. The standard InChI is InChI=1S/C17H18BrN3O2S/c1-3-9-23-13-6-4-5-12(10-13)16(22)21-17(24)20-15-8-7-14(18)11(2)19-15/h4-8,10H,3,9H2,1-2H3,(H2,19,20,21,22,24). The Kier molecular flexibility index (Phi) is 6.69. The molecule has 2 aromatic rings. The van der Waals surface area contributed by atoms with Crippen LogP contribution in [0.1, 0.15) is 29.4 Å². The maximum absolute atomic E-state index is 12.3. The summed E-state index contributed by atoms with van der Waals surface area (Å²) in [7, 11) is 0. The van der Waals surface area contributed by atoms with Gasteiger partial charge in [0.1, 0.15) is 11.6 Å². The molecule has 0 aliphatic heterocycles. The van der Waals surface area contributed by atoms with E-state index in [4.69, 9.17) is 17.0 Å². The molecular weight excluding hydrogens is 390 g/mol. The predicted molar refractivity (Wildman–Crippen MR) is 103 cm³/mol. The molecule has 2 rings (SSSR count). The number of aryl methyl sites for hydroxylation is 1. The van der Waals surface area contributed by atoms with Gasteiger partial charge in [0.15, 0.2) is 5.11 Å². The summed E-state index contributed by atoms with van der Waals surface area (Å²) in [5.41, 5.74) is 1.31. The number of thiocarbonyl (C=S) groups is 1. The number of carbonyl (C=O) groups is 1. The quantitative estimate of drug-likeness (QED) is 0.731. The highest BCUT2D eigenvalue weighted by Crippen LogP contribution is 2.16. The zero-order valence-electron chi connectivity index (χ0n) is 13.4. The second kappa shape index (κ2) is 8.75. The molecule has 0 atom stereocenters. The van der Waals surface area contributed by atoms with Crippen LogP contribution in [0.2, 0.25) is 0 Å². The monoisotopic (exact) mass is 407 g/mol. The van der Waals surface area contributed by atoms with Gasteiger partial charge in [0.05, 0.1) is 12.3 Å². The first-order valence-electron chi connectivity index (χ1n) is 7.48. The molecule has 7 heteroatoms. The maximum atomic E-state index is 12.3. The van der Waals surface area contributed by atoms with Gasteiger partial charge < -0.3 is 10.1 Å². The summed E-state index contributed by atoms with van der Waals surface area (Å²) in [4.78, 5) is 16.6. The Labute approximate surface area is 154 Å². The molecule has 2 N–H and O–H groups in total. The summed E-state index contributed by atoms with van der Waals surface area (Å²) in [6.45, 7) is 4.51. The molecule has 1 amide bonds. The normalized spacial score (nSPS) is 10.1. The molecule has 0 saturated heterocycles. The van der Waals surface area contributed by atoms with Crippen molar-refractivity contribution < 1.29 is 9.53 Å². The van der Waals surface area contributed by atoms with Crippen molar-refractivity contribution in [3.63, 3.8) is 0 Å². The van der Waals surface area contributed by atoms with Gasteiger partial charge in [-0.1, -0.05) is 13.0 Å². The van der Waals surface area contributed by atoms with Crippen LogP contribution in [0.3, 0.4) is 0 Å². The third kappa shape index (κ3) is 5.28. The predicted octanol–water partition coefficient (Wildman–Crippen LogP) is 4.07. The van der Waals surface area contributed by atoms with E-state index in [1.54, 1.807) is 24.3 Å². The van der Waals surface area contributed by atoms with E-state index in [-0.39, 0.29) is 11.0 Å². The van der Waals surface area contributed by atoms with Crippen molar-refractivity contribution >= 4 is 45.0 Å². The van der Waals surface area contributed by atoms with E-state index in [0.717, 1.165) is 16.6 Å². The topological polar surface area (TPSA) is 63.2 Å². The van der Waals surface area contributed by atoms with Crippen LogP contribution in [0.25, 0.3) is 0 Å². The lowest BCUT2D eigenvalue weighted by Crippen LogP contribution is -2.34. The van der Waals surface area contributed by atoms with Crippen LogP contribution in [0, 0.1) is 6.92 Å². The molecule has 0 radical (unpaired) electrons. The summed E-state index contributed by atoms with van der Waals surface area (Å²) < 4.78 is 6.44. The second-order valence-corrected chi connectivity index (χ2v) is 6.31. The van der Waals surface area contributed by atoms with Gasteiger partial charge in [0.2, 0.25) is 0 Å². The van der Waals surface area contributed by atoms with E-state index in [2.05, 4.69) is 31.5 Å². The van der Waals surface area contributed by atoms with Crippen LogP contribution in [0.15, 0.2) is 40.9 Å². The lowest BCUT2D eigenvalue weighted by molar-refractivity contribution is 0.0977. The fraction of sp³-hybridized carbons (Fsp3) is 0.235. The van der Waals surface area contributed by atoms with Crippen LogP contribution >= 0.6 is 28.1 Å². The van der Waals surface area contributed by atoms with E-state index < -0.39 is 0 Å². The highest BCUT2D eigenvalue weighted by Gasteiger charge is 2.10. The first-order valence-corrected chi connectivity index (χ1v) is 8.68. The van der Waals surface area contributed by atoms with E-state index in [1.165, 1.54) is 0 Å². The number of hydrogen-bond acceptors (Lipinski definition) is 4. The van der Waals surface area contributed by atoms with Gasteiger partial charge in [-0.05, 0) is 71.8 Å². The number of anilines is 1. The molecule has 0 spiro atoms. The molecule has 1 heterocycles. The molecule has 0 unspecified atom stereocenters. The molecule has 24 heavy (non-hydrogen) atoms. The van der Waals surface area contributed by atoms with Gasteiger partial charge in [-0.2, -0.15) is 0 Å². The van der Waals surface area contributed by atoms with E-state index in [1.807, 2.05) is 26.0 Å². The maximum Gasteiger partial charge on any atom is 0.257 e. The SMILES string of the molecule is CCCOc1cccc(C(=O)NC(=S)Nc2ccc(Br)c(C)n2)c1. The van der Waals surface area contributed by atoms with E-state index >= 15 is 0 Å². The lowest BCUT2D eigenvalue weighted by atomic mass is 10.2. The fourth-order valence-electron chi connectivity index (χ4n) is 1.88. The van der Waals surface area contributed by atoms with Crippen LogP contribution in [-0.4, -0.2) is 22.6 Å². The number of benzene rings is 1. The molecule has 0 fully saturated rings. The fourth-order valence-corrected chi connectivity index (χ4v) is 2.30. The minimum Gasteiger partial charge on any atom is -0.494 e. The van der Waals surface area contributed by atoms with Gasteiger partial charge in [0, 0.05) is 10.0 Å². The number of nitrogens with zero attached hydrogens (tertiary/aromatic N) is 1. The van der Waals surface area contributed by atoms with Crippen molar-refractivity contribution in [2.45, 2.75) is 20.3 Å². The van der Waals surface area contributed by atoms with Gasteiger partial charge in [-0.25, -0.2) is 4.98 Å². The largest absolute Gasteiger partial charge is 0.494 e. The minimum absolute atomic E-state index is 0.189. The number of halogens is 1. The number of rotatable bonds is 5.